The molecule has 0 radical (unpaired) electrons. The number of hydrogen-bond acceptors (Lipinski definition) is 2. The average molecular weight is 259 g/mol. The number of fused-ring (bicyclic) bond motifs is 1. The molecule has 1 aromatic rings. The van der Waals surface area contributed by atoms with Gasteiger partial charge < -0.3 is 0 Å². The summed E-state index contributed by atoms with van der Waals surface area (Å²) >= 11 is 0.448. The van der Waals surface area contributed by atoms with Gasteiger partial charge in [0.15, 0.2) is 0 Å². The van der Waals surface area contributed by atoms with Crippen molar-refractivity contribution in [2.24, 2.45) is 5.41 Å². The molecule has 1 aromatic heterocycles. The maximum absolute atomic E-state index is 5.81. The predicted molar refractivity (Wildman–Crippen MR) is 57.4 cm³/mol. The molecule has 1 aliphatic heterocycles. The van der Waals surface area contributed by atoms with Crippen molar-refractivity contribution in [1.82, 2.24) is 0 Å². The third kappa shape index (κ3) is 1.71. The molecule has 1 aliphatic rings. The van der Waals surface area contributed by atoms with Crippen molar-refractivity contribution < 1.29 is 9.47 Å². The van der Waals surface area contributed by atoms with Gasteiger partial charge in [-0.3, -0.25) is 0 Å². The van der Waals surface area contributed by atoms with Gasteiger partial charge in [-0.2, -0.15) is 0 Å². The van der Waals surface area contributed by atoms with Crippen LogP contribution in [0.25, 0.3) is 0 Å². The zero-order valence-corrected chi connectivity index (χ0v) is 10.4. The van der Waals surface area contributed by atoms with Gasteiger partial charge in [0, 0.05) is 0 Å². The van der Waals surface area contributed by atoms with Crippen molar-refractivity contribution in [2.75, 3.05) is 13.2 Å². The Kier molecular flexibility index (Phi) is 2.89. The summed E-state index contributed by atoms with van der Waals surface area (Å²) in [5.74, 6) is 1.96. The Balaban J connectivity index is 2.16. The molecule has 2 nitrogen and oxygen atoms in total. The van der Waals surface area contributed by atoms with Crippen LogP contribution in [0.1, 0.15) is 26.7 Å². The van der Waals surface area contributed by atoms with Crippen LogP contribution in [-0.2, 0) is 0 Å². The summed E-state index contributed by atoms with van der Waals surface area (Å²) < 4.78 is 11.6. The van der Waals surface area contributed by atoms with Gasteiger partial charge in [-0.1, -0.05) is 0 Å². The molecule has 0 bridgehead atoms. The Bertz CT molecular complexity index is 277. The molecule has 0 saturated heterocycles. The zero-order valence-electron chi connectivity index (χ0n) is 8.71. The van der Waals surface area contributed by atoms with E-state index >= 15 is 0 Å². The Labute approximate surface area is 91.0 Å². The van der Waals surface area contributed by atoms with Crippen LogP contribution < -0.4 is 9.47 Å². The number of hydrogen-bond donors (Lipinski definition) is 0. The normalized spacial score (nSPS) is 19.0. The van der Waals surface area contributed by atoms with E-state index < -0.39 is 0 Å². The van der Waals surface area contributed by atoms with Crippen LogP contribution in [0.15, 0.2) is 9.88 Å². The van der Waals surface area contributed by atoms with Gasteiger partial charge in [0.2, 0.25) is 0 Å². The van der Waals surface area contributed by atoms with E-state index in [0.29, 0.717) is 14.5 Å². The van der Waals surface area contributed by atoms with Gasteiger partial charge in [0.05, 0.1) is 0 Å². The third-order valence-corrected chi connectivity index (χ3v) is 4.63. The Morgan fingerprint density at radius 2 is 1.64 bits per heavy atom. The first kappa shape index (κ1) is 10.1. The van der Waals surface area contributed by atoms with E-state index in [9.17, 15) is 0 Å². The molecule has 2 heterocycles. The first-order valence-electron chi connectivity index (χ1n) is 5.11. The third-order valence-electron chi connectivity index (χ3n) is 3.16. The van der Waals surface area contributed by atoms with Crippen LogP contribution in [0.3, 0.4) is 0 Å². The summed E-state index contributed by atoms with van der Waals surface area (Å²) in [4.78, 5) is 4.31. The summed E-state index contributed by atoms with van der Waals surface area (Å²) in [5.41, 5.74) is 0.221. The molecule has 0 N–H and O–H groups in total. The van der Waals surface area contributed by atoms with Gasteiger partial charge in [-0.25, -0.2) is 0 Å². The van der Waals surface area contributed by atoms with E-state index in [0.717, 1.165) is 37.6 Å². The average Bonchev–Trinajstić information content (AvgIpc) is 2.61. The van der Waals surface area contributed by atoms with Crippen LogP contribution in [0.5, 0.6) is 11.5 Å². The van der Waals surface area contributed by atoms with Crippen LogP contribution in [-0.4, -0.2) is 27.7 Å². The molecule has 0 fully saturated rings. The number of rotatable bonds is 2. The second-order valence-electron chi connectivity index (χ2n) is 3.88. The molecular weight excluding hydrogens is 243 g/mol. The molecular formula is C11H16O2Se. The Morgan fingerprint density at radius 3 is 2.07 bits per heavy atom. The summed E-state index contributed by atoms with van der Waals surface area (Å²) in [6, 6.07) is 0. The molecule has 78 valence electrons. The fourth-order valence-corrected chi connectivity index (χ4v) is 3.08. The summed E-state index contributed by atoms with van der Waals surface area (Å²) in [7, 11) is 0. The quantitative estimate of drug-likeness (QED) is 0.759. The van der Waals surface area contributed by atoms with Crippen molar-refractivity contribution in [2.45, 2.75) is 26.7 Å². The van der Waals surface area contributed by atoms with Gasteiger partial charge in [0.25, 0.3) is 0 Å². The monoisotopic (exact) mass is 260 g/mol. The van der Waals surface area contributed by atoms with Crippen LogP contribution in [0.4, 0.5) is 0 Å². The van der Waals surface area contributed by atoms with Crippen LogP contribution in [0.2, 0.25) is 0 Å². The van der Waals surface area contributed by atoms with Gasteiger partial charge in [-0.15, -0.1) is 0 Å². The molecule has 0 aromatic carbocycles. The molecule has 3 heteroatoms. The first-order valence-corrected chi connectivity index (χ1v) is 7.09. The zero-order chi connectivity index (χ0) is 10.0. The van der Waals surface area contributed by atoms with Gasteiger partial charge in [0.1, 0.15) is 0 Å². The van der Waals surface area contributed by atoms with E-state index in [1.807, 2.05) is 0 Å². The molecule has 0 atom stereocenters. The van der Waals surface area contributed by atoms with Gasteiger partial charge in [-0.05, 0) is 0 Å². The van der Waals surface area contributed by atoms with Crippen molar-refractivity contribution >= 4 is 14.5 Å². The molecule has 14 heavy (non-hydrogen) atoms. The predicted octanol–water partition coefficient (Wildman–Crippen LogP) is 2.32. The Morgan fingerprint density at radius 1 is 1.14 bits per heavy atom. The Hall–Kier alpha value is -0.401. The SMILES string of the molecule is CCC1(CC)COc2c[se]cc2OC1. The van der Waals surface area contributed by atoms with E-state index in [1.165, 1.54) is 0 Å². The molecule has 2 rings (SSSR count). The van der Waals surface area contributed by atoms with E-state index in [-0.39, 0.29) is 5.41 Å². The van der Waals surface area contributed by atoms with E-state index in [4.69, 9.17) is 9.47 Å². The number of ether oxygens (including phenoxy) is 2. The van der Waals surface area contributed by atoms with E-state index in [1.54, 1.807) is 0 Å². The van der Waals surface area contributed by atoms with Crippen molar-refractivity contribution in [1.29, 1.82) is 0 Å². The topological polar surface area (TPSA) is 18.5 Å². The van der Waals surface area contributed by atoms with Crippen molar-refractivity contribution in [3.63, 3.8) is 0 Å². The molecule has 0 spiro atoms. The van der Waals surface area contributed by atoms with Crippen molar-refractivity contribution in [3.05, 3.63) is 9.88 Å². The summed E-state index contributed by atoms with van der Waals surface area (Å²) in [6.45, 7) is 6.03. The fraction of sp³-hybridized carbons (Fsp3) is 0.636. The van der Waals surface area contributed by atoms with Crippen molar-refractivity contribution in [3.8, 4) is 11.5 Å². The van der Waals surface area contributed by atoms with E-state index in [2.05, 4.69) is 23.7 Å². The molecule has 0 amide bonds. The van der Waals surface area contributed by atoms with Gasteiger partial charge >= 0.3 is 90.7 Å². The first-order chi connectivity index (χ1) is 6.79. The summed E-state index contributed by atoms with van der Waals surface area (Å²) in [5, 5.41) is 0. The summed E-state index contributed by atoms with van der Waals surface area (Å²) in [6.07, 6.45) is 2.24. The maximum atomic E-state index is 5.81. The second-order valence-corrected chi connectivity index (χ2v) is 5.44. The molecule has 0 aliphatic carbocycles. The fourth-order valence-electron chi connectivity index (χ4n) is 1.65. The minimum atomic E-state index is 0.221. The van der Waals surface area contributed by atoms with Crippen LogP contribution in [0, 0.1) is 5.41 Å². The molecule has 0 unspecified atom stereocenters. The standard InChI is InChI=1S/C11H16O2Se/c1-3-11(4-2)7-12-9-5-14-6-10(9)13-8-11/h5-6H,3-4,7-8H2,1-2H3. The minimum absolute atomic E-state index is 0.221. The second kappa shape index (κ2) is 4.00. The van der Waals surface area contributed by atoms with Crippen LogP contribution >= 0.6 is 0 Å². The molecule has 0 saturated carbocycles.